The molecular formula is C38H36FN5O5S. The molecule has 5 aromatic rings. The molecule has 5 rings (SSSR count). The molecule has 0 saturated carbocycles. The van der Waals surface area contributed by atoms with Gasteiger partial charge in [-0.25, -0.2) is 14.4 Å². The molecular weight excluding hydrogens is 658 g/mol. The van der Waals surface area contributed by atoms with Crippen LogP contribution in [-0.4, -0.2) is 50.8 Å². The molecule has 0 aliphatic heterocycles. The average molecular weight is 694 g/mol. The zero-order chi connectivity index (χ0) is 36.0. The summed E-state index contributed by atoms with van der Waals surface area (Å²) >= 11 is 1.35. The Bertz CT molecular complexity index is 2020. The number of aliphatic carboxylic acids is 1. The Morgan fingerprint density at radius 3 is 2.16 bits per heavy atom. The van der Waals surface area contributed by atoms with Crippen LogP contribution in [0.15, 0.2) is 97.3 Å². The van der Waals surface area contributed by atoms with Gasteiger partial charge in [0.1, 0.15) is 17.9 Å². The first kappa shape index (κ1) is 35.6. The van der Waals surface area contributed by atoms with E-state index in [1.807, 2.05) is 32.9 Å². The number of nitrogens with zero attached hydrogens (tertiary/aromatic N) is 2. The molecule has 256 valence electrons. The van der Waals surface area contributed by atoms with Gasteiger partial charge in [-0.2, -0.15) is 0 Å². The van der Waals surface area contributed by atoms with Crippen LogP contribution in [0.5, 0.6) is 0 Å². The lowest BCUT2D eigenvalue weighted by molar-refractivity contribution is -0.141. The minimum absolute atomic E-state index is 0.116. The fourth-order valence-electron chi connectivity index (χ4n) is 4.94. The van der Waals surface area contributed by atoms with Gasteiger partial charge in [-0.15, -0.1) is 11.3 Å². The van der Waals surface area contributed by atoms with Crippen LogP contribution in [0.4, 0.5) is 10.1 Å². The molecule has 10 nitrogen and oxygen atoms in total. The van der Waals surface area contributed by atoms with Gasteiger partial charge >= 0.3 is 5.97 Å². The summed E-state index contributed by atoms with van der Waals surface area (Å²) in [6.45, 7) is 7.50. The Kier molecular flexibility index (Phi) is 10.8. The number of carboxylic acid groups (broad SMARTS) is 1. The van der Waals surface area contributed by atoms with Gasteiger partial charge in [-0.1, -0.05) is 63.2 Å². The van der Waals surface area contributed by atoms with E-state index < -0.39 is 35.7 Å². The van der Waals surface area contributed by atoms with Gasteiger partial charge in [0.15, 0.2) is 5.82 Å². The quantitative estimate of drug-likeness (QED) is 0.124. The van der Waals surface area contributed by atoms with Crippen LogP contribution in [0, 0.1) is 5.82 Å². The van der Waals surface area contributed by atoms with Crippen molar-refractivity contribution in [1.29, 1.82) is 0 Å². The minimum Gasteiger partial charge on any atom is -0.480 e. The lowest BCUT2D eigenvalue weighted by Crippen LogP contribution is -2.51. The smallest absolute Gasteiger partial charge is 0.325 e. The van der Waals surface area contributed by atoms with Crippen molar-refractivity contribution in [3.63, 3.8) is 0 Å². The van der Waals surface area contributed by atoms with E-state index in [9.17, 15) is 28.7 Å². The molecule has 0 bridgehead atoms. The zero-order valence-electron chi connectivity index (χ0n) is 27.9. The minimum atomic E-state index is -1.19. The number of hydrogen-bond donors (Lipinski definition) is 4. The van der Waals surface area contributed by atoms with Crippen LogP contribution in [0.1, 0.15) is 58.2 Å². The third-order valence-electron chi connectivity index (χ3n) is 7.76. The summed E-state index contributed by atoms with van der Waals surface area (Å²) in [6.07, 6.45) is 3.41. The first-order valence-corrected chi connectivity index (χ1v) is 16.6. The van der Waals surface area contributed by atoms with Crippen LogP contribution in [-0.2, 0) is 21.4 Å². The maximum Gasteiger partial charge on any atom is 0.325 e. The van der Waals surface area contributed by atoms with E-state index in [0.29, 0.717) is 33.1 Å². The first-order valence-electron chi connectivity index (χ1n) is 15.8. The Morgan fingerprint density at radius 1 is 0.820 bits per heavy atom. The van der Waals surface area contributed by atoms with Crippen molar-refractivity contribution in [3.05, 3.63) is 124 Å². The van der Waals surface area contributed by atoms with E-state index in [2.05, 4.69) is 25.9 Å². The number of carbonyl (C=O) groups excluding carboxylic acids is 3. The predicted octanol–water partition coefficient (Wildman–Crippen LogP) is 6.49. The summed E-state index contributed by atoms with van der Waals surface area (Å²) in [6, 6.07) is 21.2. The van der Waals surface area contributed by atoms with Crippen molar-refractivity contribution in [3.8, 4) is 22.5 Å². The number of benzene rings is 3. The van der Waals surface area contributed by atoms with E-state index in [1.54, 1.807) is 67.0 Å². The zero-order valence-corrected chi connectivity index (χ0v) is 28.7. The van der Waals surface area contributed by atoms with E-state index in [4.69, 9.17) is 0 Å². The number of carbonyl (C=O) groups is 4. The van der Waals surface area contributed by atoms with Gasteiger partial charge in [0, 0.05) is 46.1 Å². The molecule has 2 unspecified atom stereocenters. The number of rotatable bonds is 11. The molecule has 50 heavy (non-hydrogen) atoms. The second-order valence-electron chi connectivity index (χ2n) is 12.8. The molecule has 0 aliphatic rings. The number of halogens is 1. The van der Waals surface area contributed by atoms with Gasteiger partial charge in [0.05, 0.1) is 4.88 Å². The molecule has 2 atom stereocenters. The number of amides is 3. The monoisotopic (exact) mass is 693 g/mol. The average Bonchev–Trinajstić information content (AvgIpc) is 3.60. The van der Waals surface area contributed by atoms with E-state index >= 15 is 0 Å². The summed E-state index contributed by atoms with van der Waals surface area (Å²) in [5.41, 5.74) is 3.44. The molecule has 0 radical (unpaired) electrons. The molecule has 0 aliphatic carbocycles. The molecule has 3 aromatic carbocycles. The first-order chi connectivity index (χ1) is 23.8. The lowest BCUT2D eigenvalue weighted by Gasteiger charge is -2.20. The van der Waals surface area contributed by atoms with E-state index in [0.717, 1.165) is 16.0 Å². The van der Waals surface area contributed by atoms with Crippen molar-refractivity contribution in [2.24, 2.45) is 0 Å². The predicted molar refractivity (Wildman–Crippen MR) is 190 cm³/mol. The van der Waals surface area contributed by atoms with Crippen molar-refractivity contribution < 1.29 is 28.7 Å². The molecule has 0 spiro atoms. The van der Waals surface area contributed by atoms with Crippen LogP contribution in [0.3, 0.4) is 0 Å². The highest BCUT2D eigenvalue weighted by atomic mass is 32.1. The molecule has 2 aromatic heterocycles. The second kappa shape index (κ2) is 15.2. The third kappa shape index (κ3) is 9.03. The van der Waals surface area contributed by atoms with Crippen molar-refractivity contribution in [2.75, 3.05) is 5.32 Å². The van der Waals surface area contributed by atoms with Gasteiger partial charge in [-0.05, 0) is 65.9 Å². The lowest BCUT2D eigenvalue weighted by atomic mass is 9.95. The standard InChI is InChI=1S/C38H36FN5O5S/c1-22(37(48)49)42-35(46)30(44-36(47)31-15-16-32(50-31)38(2,3)4)17-23-11-13-24(14-12-23)33-40-20-27(21-41-33)25-7-5-8-26(18-25)34(45)43-29-10-6-9-28(39)19-29/h5-16,18-22,30H,17H2,1-4H3,(H,42,46)(H,43,45)(H,44,47)(H,48,49). The molecule has 12 heteroatoms. The van der Waals surface area contributed by atoms with Crippen LogP contribution >= 0.6 is 11.3 Å². The van der Waals surface area contributed by atoms with Gasteiger partial charge < -0.3 is 21.1 Å². The maximum atomic E-state index is 13.5. The summed E-state index contributed by atoms with van der Waals surface area (Å²) in [4.78, 5) is 61.0. The highest BCUT2D eigenvalue weighted by Crippen LogP contribution is 2.29. The summed E-state index contributed by atoms with van der Waals surface area (Å²) in [5.74, 6) is -2.60. The van der Waals surface area contributed by atoms with Gasteiger partial charge in [-0.3, -0.25) is 19.2 Å². The van der Waals surface area contributed by atoms with Crippen LogP contribution in [0.25, 0.3) is 22.5 Å². The topological polar surface area (TPSA) is 150 Å². The Labute approximate surface area is 292 Å². The van der Waals surface area contributed by atoms with Crippen molar-refractivity contribution in [1.82, 2.24) is 20.6 Å². The molecule has 0 fully saturated rings. The molecule has 4 N–H and O–H groups in total. The number of hydrogen-bond acceptors (Lipinski definition) is 7. The molecule has 3 amide bonds. The Morgan fingerprint density at radius 2 is 1.52 bits per heavy atom. The number of nitrogens with one attached hydrogen (secondary N) is 3. The van der Waals surface area contributed by atoms with E-state index in [1.165, 1.54) is 36.5 Å². The fourth-order valence-corrected chi connectivity index (χ4v) is 5.91. The molecule has 0 saturated heterocycles. The number of carboxylic acids is 1. The number of aromatic nitrogens is 2. The fraction of sp³-hybridized carbons (Fsp3) is 0.211. The van der Waals surface area contributed by atoms with Crippen LogP contribution in [0.2, 0.25) is 0 Å². The number of thiophene rings is 1. The maximum absolute atomic E-state index is 13.5. The largest absolute Gasteiger partial charge is 0.480 e. The van der Waals surface area contributed by atoms with E-state index in [-0.39, 0.29) is 17.7 Å². The highest BCUT2D eigenvalue weighted by molar-refractivity contribution is 7.14. The number of anilines is 1. The van der Waals surface area contributed by atoms with Crippen molar-refractivity contribution in [2.45, 2.75) is 51.6 Å². The summed E-state index contributed by atoms with van der Waals surface area (Å²) in [7, 11) is 0. The SMILES string of the molecule is CC(NC(=O)C(Cc1ccc(-c2ncc(-c3cccc(C(=O)Nc4cccc(F)c4)c3)cn2)cc1)NC(=O)c1ccc(C(C)(C)C)s1)C(=O)O. The van der Waals surface area contributed by atoms with Gasteiger partial charge in [0.2, 0.25) is 5.91 Å². The molecule has 2 heterocycles. The summed E-state index contributed by atoms with van der Waals surface area (Å²) in [5, 5.41) is 17.2. The Balaban J connectivity index is 1.28. The summed E-state index contributed by atoms with van der Waals surface area (Å²) < 4.78 is 13.5. The second-order valence-corrected chi connectivity index (χ2v) is 13.8. The van der Waals surface area contributed by atoms with Gasteiger partial charge in [0.25, 0.3) is 11.8 Å². The van der Waals surface area contributed by atoms with Crippen LogP contribution < -0.4 is 16.0 Å². The Hall–Kier alpha value is -5.75. The normalized spacial score (nSPS) is 12.4. The van der Waals surface area contributed by atoms with Crippen molar-refractivity contribution >= 4 is 40.7 Å². The highest BCUT2D eigenvalue weighted by Gasteiger charge is 2.26. The third-order valence-corrected chi connectivity index (χ3v) is 9.27.